The Balaban J connectivity index is 2.14. The molecule has 0 unspecified atom stereocenters. The molecule has 22 heavy (non-hydrogen) atoms. The number of hydrogen-bond acceptors (Lipinski definition) is 6. The van der Waals surface area contributed by atoms with Crippen LogP contribution in [0.1, 0.15) is 0 Å². The number of halogens is 1. The van der Waals surface area contributed by atoms with Crippen molar-refractivity contribution in [3.8, 4) is 11.1 Å². The van der Waals surface area contributed by atoms with Gasteiger partial charge in [-0.3, -0.25) is 14.5 Å². The Morgan fingerprint density at radius 1 is 1.36 bits per heavy atom. The summed E-state index contributed by atoms with van der Waals surface area (Å²) in [7, 11) is 0. The Bertz CT molecular complexity index is 838. The lowest BCUT2D eigenvalue weighted by Crippen LogP contribution is -1.90. The minimum atomic E-state index is -0.438. The second kappa shape index (κ2) is 6.37. The van der Waals surface area contributed by atoms with Gasteiger partial charge in [0.1, 0.15) is 16.2 Å². The highest BCUT2D eigenvalue weighted by Crippen LogP contribution is 2.38. The molecular formula is C14H10FN3O2S2. The first-order chi connectivity index (χ1) is 10.7. The van der Waals surface area contributed by atoms with E-state index in [1.807, 2.05) is 11.4 Å². The number of nitro benzene ring substituents is 1. The third-order valence-electron chi connectivity index (χ3n) is 3.02. The molecule has 0 saturated heterocycles. The number of hydrogen-bond donors (Lipinski definition) is 0. The van der Waals surface area contributed by atoms with Crippen LogP contribution >= 0.6 is 23.1 Å². The number of benzene rings is 1. The van der Waals surface area contributed by atoms with Crippen LogP contribution in [0.25, 0.3) is 21.3 Å². The Labute approximate surface area is 133 Å². The van der Waals surface area contributed by atoms with Crippen molar-refractivity contribution >= 4 is 39.0 Å². The standard InChI is InChI=1S/C14H10FN3O2S2/c15-4-5-21-13-12-11(7-22-14(12)17-8-16-13)9-2-1-3-10(6-9)18(19)20/h1-3,6-8H,4-5H2. The zero-order chi connectivity index (χ0) is 15.5. The third-order valence-corrected chi connectivity index (χ3v) is 4.85. The normalized spacial score (nSPS) is 11.0. The summed E-state index contributed by atoms with van der Waals surface area (Å²) in [6.07, 6.45) is 1.45. The monoisotopic (exact) mass is 335 g/mol. The quantitative estimate of drug-likeness (QED) is 0.300. The van der Waals surface area contributed by atoms with Gasteiger partial charge in [-0.25, -0.2) is 9.97 Å². The van der Waals surface area contributed by atoms with Crippen LogP contribution < -0.4 is 0 Å². The summed E-state index contributed by atoms with van der Waals surface area (Å²) in [5.41, 5.74) is 1.61. The molecule has 0 bridgehead atoms. The molecule has 5 nitrogen and oxygen atoms in total. The average Bonchev–Trinajstić information content (AvgIpc) is 2.97. The number of non-ortho nitro benzene ring substituents is 1. The van der Waals surface area contributed by atoms with E-state index in [0.717, 1.165) is 21.3 Å². The summed E-state index contributed by atoms with van der Waals surface area (Å²) in [4.78, 5) is 19.7. The van der Waals surface area contributed by atoms with Gasteiger partial charge in [0.15, 0.2) is 0 Å². The van der Waals surface area contributed by atoms with Crippen LogP contribution in [-0.2, 0) is 0 Å². The summed E-state index contributed by atoms with van der Waals surface area (Å²) >= 11 is 2.76. The topological polar surface area (TPSA) is 68.9 Å². The first-order valence-corrected chi connectivity index (χ1v) is 8.23. The molecule has 0 aliphatic rings. The maximum absolute atomic E-state index is 12.4. The van der Waals surface area contributed by atoms with Gasteiger partial charge in [-0.2, -0.15) is 0 Å². The SMILES string of the molecule is O=[N+]([O-])c1cccc(-c2csc3ncnc(SCCF)c23)c1. The lowest BCUT2D eigenvalue weighted by atomic mass is 10.1. The molecule has 112 valence electrons. The molecule has 8 heteroatoms. The van der Waals surface area contributed by atoms with E-state index >= 15 is 0 Å². The molecule has 3 rings (SSSR count). The largest absolute Gasteiger partial charge is 0.270 e. The molecule has 0 saturated carbocycles. The molecule has 3 aromatic rings. The highest BCUT2D eigenvalue weighted by molar-refractivity contribution is 7.99. The van der Waals surface area contributed by atoms with Crippen LogP contribution in [0.3, 0.4) is 0 Å². The Hall–Kier alpha value is -2.06. The number of fused-ring (bicyclic) bond motifs is 1. The van der Waals surface area contributed by atoms with Crippen LogP contribution in [-0.4, -0.2) is 27.3 Å². The van der Waals surface area contributed by atoms with Crippen molar-refractivity contribution in [3.63, 3.8) is 0 Å². The van der Waals surface area contributed by atoms with E-state index in [4.69, 9.17) is 0 Å². The van der Waals surface area contributed by atoms with Crippen LogP contribution in [0.4, 0.5) is 10.1 Å². The zero-order valence-electron chi connectivity index (χ0n) is 11.2. The van der Waals surface area contributed by atoms with E-state index in [-0.39, 0.29) is 5.69 Å². The van der Waals surface area contributed by atoms with E-state index in [1.165, 1.54) is 41.6 Å². The minimum Gasteiger partial charge on any atom is -0.258 e. The highest BCUT2D eigenvalue weighted by Gasteiger charge is 2.15. The van der Waals surface area contributed by atoms with Crippen LogP contribution in [0.5, 0.6) is 0 Å². The number of alkyl halides is 1. The molecule has 0 aliphatic heterocycles. The average molecular weight is 335 g/mol. The zero-order valence-corrected chi connectivity index (χ0v) is 12.9. The molecular weight excluding hydrogens is 325 g/mol. The summed E-state index contributed by atoms with van der Waals surface area (Å²) in [5, 5.41) is 14.4. The van der Waals surface area contributed by atoms with Crippen molar-refractivity contribution in [2.45, 2.75) is 5.03 Å². The fourth-order valence-corrected chi connectivity index (χ4v) is 3.82. The smallest absolute Gasteiger partial charge is 0.258 e. The van der Waals surface area contributed by atoms with E-state index in [0.29, 0.717) is 10.8 Å². The fourth-order valence-electron chi connectivity index (χ4n) is 2.09. The summed E-state index contributed by atoms with van der Waals surface area (Å²) in [5.74, 6) is 0.316. The van der Waals surface area contributed by atoms with Crippen molar-refractivity contribution in [3.05, 3.63) is 46.1 Å². The van der Waals surface area contributed by atoms with Gasteiger partial charge < -0.3 is 0 Å². The third kappa shape index (κ3) is 2.79. The van der Waals surface area contributed by atoms with Gasteiger partial charge >= 0.3 is 0 Å². The molecule has 0 atom stereocenters. The summed E-state index contributed by atoms with van der Waals surface area (Å²) in [6, 6.07) is 6.44. The molecule has 0 fully saturated rings. The number of thioether (sulfide) groups is 1. The van der Waals surface area contributed by atoms with Crippen LogP contribution in [0, 0.1) is 10.1 Å². The molecule has 2 aromatic heterocycles. The van der Waals surface area contributed by atoms with Gasteiger partial charge in [-0.15, -0.1) is 23.1 Å². The van der Waals surface area contributed by atoms with Gasteiger partial charge in [0.05, 0.1) is 17.0 Å². The van der Waals surface area contributed by atoms with E-state index < -0.39 is 11.6 Å². The minimum absolute atomic E-state index is 0.0339. The molecule has 0 amide bonds. The number of aromatic nitrogens is 2. The van der Waals surface area contributed by atoms with Crippen LogP contribution in [0.15, 0.2) is 41.0 Å². The first kappa shape index (κ1) is 14.9. The molecule has 2 heterocycles. The van der Waals surface area contributed by atoms with Crippen molar-refractivity contribution in [1.82, 2.24) is 9.97 Å². The van der Waals surface area contributed by atoms with Crippen molar-refractivity contribution in [1.29, 1.82) is 0 Å². The van der Waals surface area contributed by atoms with Gasteiger partial charge in [0.2, 0.25) is 0 Å². The van der Waals surface area contributed by atoms with Gasteiger partial charge in [0, 0.05) is 28.8 Å². The predicted molar refractivity (Wildman–Crippen MR) is 86.2 cm³/mol. The Kier molecular flexibility index (Phi) is 4.30. The predicted octanol–water partition coefficient (Wildman–Crippen LogP) is 4.33. The van der Waals surface area contributed by atoms with Gasteiger partial charge in [-0.05, 0) is 5.56 Å². The van der Waals surface area contributed by atoms with Crippen LogP contribution in [0.2, 0.25) is 0 Å². The molecule has 0 radical (unpaired) electrons. The Morgan fingerprint density at radius 2 is 2.23 bits per heavy atom. The molecule has 1 aromatic carbocycles. The van der Waals surface area contributed by atoms with E-state index in [1.54, 1.807) is 6.07 Å². The maximum Gasteiger partial charge on any atom is 0.270 e. The molecule has 0 aliphatic carbocycles. The molecule has 0 N–H and O–H groups in total. The summed E-state index contributed by atoms with van der Waals surface area (Å²) < 4.78 is 12.4. The lowest BCUT2D eigenvalue weighted by molar-refractivity contribution is -0.384. The second-order valence-corrected chi connectivity index (χ2v) is 6.29. The van der Waals surface area contributed by atoms with E-state index in [9.17, 15) is 14.5 Å². The fraction of sp³-hybridized carbons (Fsp3) is 0.143. The highest BCUT2D eigenvalue weighted by atomic mass is 32.2. The Morgan fingerprint density at radius 3 is 3.00 bits per heavy atom. The number of nitro groups is 1. The molecule has 0 spiro atoms. The van der Waals surface area contributed by atoms with Gasteiger partial charge in [0.25, 0.3) is 5.69 Å². The number of nitrogens with zero attached hydrogens (tertiary/aromatic N) is 3. The number of thiophene rings is 1. The van der Waals surface area contributed by atoms with Gasteiger partial charge in [-0.1, -0.05) is 12.1 Å². The first-order valence-electron chi connectivity index (χ1n) is 6.36. The maximum atomic E-state index is 12.4. The van der Waals surface area contributed by atoms with Crippen molar-refractivity contribution in [2.24, 2.45) is 0 Å². The van der Waals surface area contributed by atoms with E-state index in [2.05, 4.69) is 9.97 Å². The number of rotatable bonds is 5. The summed E-state index contributed by atoms with van der Waals surface area (Å²) in [6.45, 7) is -0.438. The lowest BCUT2D eigenvalue weighted by Gasteiger charge is -2.04. The second-order valence-electron chi connectivity index (χ2n) is 4.35. The van der Waals surface area contributed by atoms with Crippen molar-refractivity contribution in [2.75, 3.05) is 12.4 Å². The van der Waals surface area contributed by atoms with Crippen molar-refractivity contribution < 1.29 is 9.31 Å².